The Bertz CT molecular complexity index is 354. The molecule has 1 fully saturated rings. The van der Waals surface area contributed by atoms with Gasteiger partial charge in [-0.2, -0.15) is 10.1 Å². The van der Waals surface area contributed by atoms with Gasteiger partial charge in [0.2, 0.25) is 5.95 Å². The minimum Gasteiger partial charge on any atom is -0.383 e. The summed E-state index contributed by atoms with van der Waals surface area (Å²) in [6, 6.07) is 0.495. The molecule has 6 heteroatoms. The Labute approximate surface area is 108 Å². The first kappa shape index (κ1) is 13.0. The molecule has 0 saturated heterocycles. The molecule has 1 heterocycles. The van der Waals surface area contributed by atoms with Crippen LogP contribution in [0.2, 0.25) is 0 Å². The molecule has 1 aromatic heterocycles. The van der Waals surface area contributed by atoms with Gasteiger partial charge in [-0.05, 0) is 12.8 Å². The molecule has 0 aliphatic heterocycles. The van der Waals surface area contributed by atoms with Crippen LogP contribution in [0.25, 0.3) is 0 Å². The van der Waals surface area contributed by atoms with E-state index >= 15 is 0 Å². The highest BCUT2D eigenvalue weighted by atomic mass is 16.5. The van der Waals surface area contributed by atoms with Gasteiger partial charge >= 0.3 is 0 Å². The first-order valence-electron chi connectivity index (χ1n) is 6.57. The summed E-state index contributed by atoms with van der Waals surface area (Å²) in [6.45, 7) is 1.37. The molecule has 1 aromatic rings. The molecule has 100 valence electrons. The van der Waals surface area contributed by atoms with E-state index in [2.05, 4.69) is 25.8 Å². The number of anilines is 2. The van der Waals surface area contributed by atoms with Gasteiger partial charge in [0.25, 0.3) is 0 Å². The fraction of sp³-hybridized carbons (Fsp3) is 0.750. The zero-order valence-electron chi connectivity index (χ0n) is 10.9. The van der Waals surface area contributed by atoms with Gasteiger partial charge in [-0.3, -0.25) is 0 Å². The number of hydrogen-bond donors (Lipinski definition) is 2. The maximum Gasteiger partial charge on any atom is 0.244 e. The number of nitrogens with one attached hydrogen (secondary N) is 2. The topological polar surface area (TPSA) is 72.0 Å². The Morgan fingerprint density at radius 3 is 2.94 bits per heavy atom. The summed E-state index contributed by atoms with van der Waals surface area (Å²) < 4.78 is 4.97. The summed E-state index contributed by atoms with van der Waals surface area (Å²) in [5, 5.41) is 14.5. The number of hydrogen-bond acceptors (Lipinski definition) is 6. The van der Waals surface area contributed by atoms with Crippen LogP contribution in [0.1, 0.15) is 32.1 Å². The van der Waals surface area contributed by atoms with Crippen molar-refractivity contribution >= 4 is 11.8 Å². The van der Waals surface area contributed by atoms with Crippen molar-refractivity contribution < 1.29 is 4.74 Å². The minimum atomic E-state index is 0.495. The fourth-order valence-electron chi connectivity index (χ4n) is 2.16. The second-order valence-corrected chi connectivity index (χ2v) is 4.56. The summed E-state index contributed by atoms with van der Waals surface area (Å²) in [5.41, 5.74) is 0. The number of rotatable bonds is 6. The SMILES string of the molecule is COCCNc1cnnc(NC2CCCCC2)n1. The lowest BCUT2D eigenvalue weighted by Crippen LogP contribution is -2.24. The van der Waals surface area contributed by atoms with E-state index in [1.54, 1.807) is 13.3 Å². The van der Waals surface area contributed by atoms with Crippen LogP contribution in [0.15, 0.2) is 6.20 Å². The molecule has 0 aromatic carbocycles. The van der Waals surface area contributed by atoms with Gasteiger partial charge in [0.05, 0.1) is 12.8 Å². The molecule has 1 saturated carbocycles. The largest absolute Gasteiger partial charge is 0.383 e. The number of nitrogens with zero attached hydrogens (tertiary/aromatic N) is 3. The number of methoxy groups -OCH3 is 1. The summed E-state index contributed by atoms with van der Waals surface area (Å²) in [4.78, 5) is 4.39. The molecule has 0 radical (unpaired) electrons. The van der Waals surface area contributed by atoms with Crippen LogP contribution in [-0.2, 0) is 4.74 Å². The van der Waals surface area contributed by atoms with E-state index in [1.807, 2.05) is 0 Å². The highest BCUT2D eigenvalue weighted by molar-refractivity contribution is 5.37. The molecule has 0 atom stereocenters. The second-order valence-electron chi connectivity index (χ2n) is 4.56. The van der Waals surface area contributed by atoms with Crippen LogP contribution in [0.5, 0.6) is 0 Å². The molecule has 2 rings (SSSR count). The molecular formula is C12H21N5O. The molecule has 0 spiro atoms. The lowest BCUT2D eigenvalue weighted by Gasteiger charge is -2.22. The van der Waals surface area contributed by atoms with Crippen LogP contribution in [-0.4, -0.2) is 41.5 Å². The maximum absolute atomic E-state index is 4.97. The predicted molar refractivity (Wildman–Crippen MR) is 70.7 cm³/mol. The standard InChI is InChI=1S/C12H21N5O/c1-18-8-7-13-11-9-14-17-12(16-11)15-10-5-3-2-4-6-10/h9-10H,2-8H2,1H3,(H2,13,15,16,17). The molecule has 0 unspecified atom stereocenters. The highest BCUT2D eigenvalue weighted by Gasteiger charge is 2.14. The molecule has 6 nitrogen and oxygen atoms in total. The quantitative estimate of drug-likeness (QED) is 0.749. The van der Waals surface area contributed by atoms with Crippen LogP contribution in [0.3, 0.4) is 0 Å². The van der Waals surface area contributed by atoms with Crippen LogP contribution in [0.4, 0.5) is 11.8 Å². The van der Waals surface area contributed by atoms with Crippen LogP contribution < -0.4 is 10.6 Å². The van der Waals surface area contributed by atoms with Crippen molar-refractivity contribution in [1.29, 1.82) is 0 Å². The lowest BCUT2D eigenvalue weighted by atomic mass is 9.96. The molecule has 0 amide bonds. The number of aromatic nitrogens is 3. The average Bonchev–Trinajstić information content (AvgIpc) is 2.41. The van der Waals surface area contributed by atoms with E-state index in [4.69, 9.17) is 4.74 Å². The van der Waals surface area contributed by atoms with Gasteiger partial charge in [0.15, 0.2) is 5.82 Å². The van der Waals surface area contributed by atoms with Crippen LogP contribution >= 0.6 is 0 Å². The summed E-state index contributed by atoms with van der Waals surface area (Å²) in [5.74, 6) is 1.35. The van der Waals surface area contributed by atoms with Gasteiger partial charge in [-0.1, -0.05) is 19.3 Å². The smallest absolute Gasteiger partial charge is 0.244 e. The van der Waals surface area contributed by atoms with E-state index in [0.29, 0.717) is 18.6 Å². The van der Waals surface area contributed by atoms with Crippen molar-refractivity contribution in [2.24, 2.45) is 0 Å². The summed E-state index contributed by atoms with van der Waals surface area (Å²) in [7, 11) is 1.68. The average molecular weight is 251 g/mol. The van der Waals surface area contributed by atoms with Crippen molar-refractivity contribution in [3.05, 3.63) is 6.20 Å². The highest BCUT2D eigenvalue weighted by Crippen LogP contribution is 2.20. The first-order valence-corrected chi connectivity index (χ1v) is 6.57. The lowest BCUT2D eigenvalue weighted by molar-refractivity contribution is 0.210. The monoisotopic (exact) mass is 251 g/mol. The fourth-order valence-corrected chi connectivity index (χ4v) is 2.16. The van der Waals surface area contributed by atoms with E-state index in [-0.39, 0.29) is 0 Å². The van der Waals surface area contributed by atoms with Crippen LogP contribution in [0, 0.1) is 0 Å². The summed E-state index contributed by atoms with van der Waals surface area (Å²) in [6.07, 6.45) is 7.95. The van der Waals surface area contributed by atoms with E-state index in [0.717, 1.165) is 12.4 Å². The third kappa shape index (κ3) is 4.10. The van der Waals surface area contributed by atoms with Crippen molar-refractivity contribution in [3.8, 4) is 0 Å². The van der Waals surface area contributed by atoms with Crippen molar-refractivity contribution in [1.82, 2.24) is 15.2 Å². The van der Waals surface area contributed by atoms with E-state index in [1.165, 1.54) is 32.1 Å². The third-order valence-electron chi connectivity index (χ3n) is 3.11. The predicted octanol–water partition coefficient (Wildman–Crippen LogP) is 1.67. The maximum atomic E-state index is 4.97. The zero-order valence-corrected chi connectivity index (χ0v) is 10.9. The molecule has 1 aliphatic carbocycles. The molecular weight excluding hydrogens is 230 g/mol. The molecule has 18 heavy (non-hydrogen) atoms. The Kier molecular flexibility index (Phi) is 5.14. The molecule has 2 N–H and O–H groups in total. The molecule has 0 bridgehead atoms. The Morgan fingerprint density at radius 1 is 1.33 bits per heavy atom. The Hall–Kier alpha value is -1.43. The van der Waals surface area contributed by atoms with Gasteiger partial charge in [0.1, 0.15) is 0 Å². The molecule has 1 aliphatic rings. The Balaban J connectivity index is 1.85. The van der Waals surface area contributed by atoms with E-state index < -0.39 is 0 Å². The van der Waals surface area contributed by atoms with Gasteiger partial charge in [-0.25, -0.2) is 0 Å². The van der Waals surface area contributed by atoms with Gasteiger partial charge < -0.3 is 15.4 Å². The second kappa shape index (κ2) is 7.10. The Morgan fingerprint density at radius 2 is 2.17 bits per heavy atom. The van der Waals surface area contributed by atoms with Gasteiger partial charge in [-0.15, -0.1) is 5.10 Å². The van der Waals surface area contributed by atoms with Crippen molar-refractivity contribution in [2.75, 3.05) is 30.9 Å². The normalized spacial score (nSPS) is 16.5. The van der Waals surface area contributed by atoms with Gasteiger partial charge in [0, 0.05) is 19.7 Å². The minimum absolute atomic E-state index is 0.495. The first-order chi connectivity index (χ1) is 8.88. The third-order valence-corrected chi connectivity index (χ3v) is 3.11. The zero-order chi connectivity index (χ0) is 12.6. The van der Waals surface area contributed by atoms with Crippen molar-refractivity contribution in [2.45, 2.75) is 38.1 Å². The van der Waals surface area contributed by atoms with Crippen molar-refractivity contribution in [3.63, 3.8) is 0 Å². The summed E-state index contributed by atoms with van der Waals surface area (Å²) >= 11 is 0. The number of ether oxygens (including phenoxy) is 1. The van der Waals surface area contributed by atoms with E-state index in [9.17, 15) is 0 Å².